The number of primary amides is 1. The summed E-state index contributed by atoms with van der Waals surface area (Å²) in [4.78, 5) is 38.5. The molecule has 1 fully saturated rings. The zero-order valence-electron chi connectivity index (χ0n) is 25.7. The van der Waals surface area contributed by atoms with E-state index in [2.05, 4.69) is 42.6 Å². The number of fused-ring (bicyclic) bond motifs is 3. The van der Waals surface area contributed by atoms with Crippen molar-refractivity contribution in [1.82, 2.24) is 5.32 Å². The summed E-state index contributed by atoms with van der Waals surface area (Å²) in [5.41, 5.74) is 7.75. The SMILES string of the molecule is CCCc1ccc(CNCCc2ccccc2)cc1-c1ccc(O)c2c1C[C@H]1C[C@H]3CC(=O)C(C(N)=O)=C(O)[C@@]3(O)C(=O)C1=C2O. The van der Waals surface area contributed by atoms with Crippen LogP contribution in [-0.4, -0.2) is 50.0 Å². The summed E-state index contributed by atoms with van der Waals surface area (Å²) in [5.74, 6) is -6.38. The zero-order chi connectivity index (χ0) is 32.7. The fourth-order valence-electron chi connectivity index (χ4n) is 7.46. The third-order valence-electron chi connectivity index (χ3n) is 9.69. The number of phenolic OH excluding ortho intramolecular Hbond substituents is 1. The Kier molecular flexibility index (Phi) is 8.31. The second-order valence-electron chi connectivity index (χ2n) is 12.5. The number of ketones is 2. The van der Waals surface area contributed by atoms with E-state index >= 15 is 0 Å². The van der Waals surface area contributed by atoms with E-state index in [4.69, 9.17) is 5.73 Å². The monoisotopic (exact) mass is 622 g/mol. The number of amides is 1. The van der Waals surface area contributed by atoms with Crippen molar-refractivity contribution in [3.05, 3.63) is 105 Å². The van der Waals surface area contributed by atoms with E-state index in [1.165, 1.54) is 11.6 Å². The lowest BCUT2D eigenvalue weighted by molar-refractivity contribution is -0.147. The van der Waals surface area contributed by atoms with Gasteiger partial charge >= 0.3 is 0 Å². The molecule has 1 amide bonds. The number of nitrogens with one attached hydrogen (secondary N) is 1. The summed E-state index contributed by atoms with van der Waals surface area (Å²) in [5, 5.41) is 48.4. The van der Waals surface area contributed by atoms with Crippen LogP contribution in [0.2, 0.25) is 0 Å². The lowest BCUT2D eigenvalue weighted by atomic mass is 9.59. The van der Waals surface area contributed by atoms with Crippen LogP contribution in [0.4, 0.5) is 0 Å². The van der Waals surface area contributed by atoms with Crippen LogP contribution in [0.25, 0.3) is 16.9 Å². The minimum Gasteiger partial charge on any atom is -0.508 e. The Bertz CT molecular complexity index is 1810. The van der Waals surface area contributed by atoms with Crippen molar-refractivity contribution in [3.8, 4) is 16.9 Å². The highest BCUT2D eigenvalue weighted by atomic mass is 16.3. The van der Waals surface area contributed by atoms with E-state index in [-0.39, 0.29) is 36.1 Å². The predicted octanol–water partition coefficient (Wildman–Crippen LogP) is 4.38. The van der Waals surface area contributed by atoms with Crippen LogP contribution in [-0.2, 0) is 40.2 Å². The molecule has 7 N–H and O–H groups in total. The van der Waals surface area contributed by atoms with Gasteiger partial charge in [-0.25, -0.2) is 0 Å². The van der Waals surface area contributed by atoms with Crippen molar-refractivity contribution in [2.75, 3.05) is 6.54 Å². The standard InChI is InChI=1S/C37H38N2O7/c1-2-6-22-10-9-21(19-39-14-13-20-7-4-3-5-8-20)15-26(22)25-11-12-28(40)31-27(25)17-23-16-24-18-29(41)32(36(38)45)35(44)37(24,46)34(43)30(23)33(31)42/h3-5,7-12,15,23-24,39-40,42,44,46H,2,6,13-14,16-19H2,1H3,(H2,38,45)/t23-,24+,37+/m1/s1. The second kappa shape index (κ2) is 12.2. The van der Waals surface area contributed by atoms with Crippen molar-refractivity contribution in [2.45, 2.75) is 57.6 Å². The normalized spacial score (nSPS) is 22.4. The van der Waals surface area contributed by atoms with Crippen molar-refractivity contribution in [1.29, 1.82) is 0 Å². The summed E-state index contributed by atoms with van der Waals surface area (Å²) in [6.45, 7) is 3.56. The van der Waals surface area contributed by atoms with E-state index in [0.29, 0.717) is 12.1 Å². The topological polar surface area (TPSA) is 170 Å². The fraction of sp³-hybridized carbons (Fsp3) is 0.324. The summed E-state index contributed by atoms with van der Waals surface area (Å²) in [6.07, 6.45) is 2.61. The first-order valence-electron chi connectivity index (χ1n) is 15.7. The van der Waals surface area contributed by atoms with Crippen LogP contribution in [0.1, 0.15) is 54.0 Å². The van der Waals surface area contributed by atoms with Gasteiger partial charge in [-0.3, -0.25) is 14.4 Å². The Hall–Kier alpha value is -4.73. The molecule has 0 aliphatic heterocycles. The molecule has 3 aliphatic carbocycles. The maximum absolute atomic E-state index is 13.9. The van der Waals surface area contributed by atoms with Gasteiger partial charge in [0.05, 0.1) is 5.56 Å². The van der Waals surface area contributed by atoms with Gasteiger partial charge in [-0.05, 0) is 83.7 Å². The third kappa shape index (κ3) is 5.19. The van der Waals surface area contributed by atoms with Gasteiger partial charge in [0.15, 0.2) is 11.4 Å². The number of aliphatic hydroxyl groups is 3. The number of aromatic hydroxyl groups is 1. The molecular weight excluding hydrogens is 584 g/mol. The van der Waals surface area contributed by atoms with Crippen molar-refractivity contribution in [3.63, 3.8) is 0 Å². The Labute approximate surface area is 267 Å². The van der Waals surface area contributed by atoms with Crippen molar-refractivity contribution >= 4 is 23.2 Å². The largest absolute Gasteiger partial charge is 0.508 e. The molecule has 9 nitrogen and oxygen atoms in total. The molecule has 3 atom stereocenters. The number of benzene rings is 3. The molecule has 3 aliphatic rings. The Morgan fingerprint density at radius 3 is 2.43 bits per heavy atom. The van der Waals surface area contributed by atoms with Gasteiger partial charge in [-0.15, -0.1) is 0 Å². The zero-order valence-corrected chi connectivity index (χ0v) is 25.7. The van der Waals surface area contributed by atoms with Gasteiger partial charge in [-0.1, -0.05) is 61.9 Å². The number of Topliss-reactive ketones (excluding diaryl/α,β-unsaturated/α-hetero) is 2. The first kappa shape index (κ1) is 31.3. The summed E-state index contributed by atoms with van der Waals surface area (Å²) < 4.78 is 0. The highest BCUT2D eigenvalue weighted by Crippen LogP contribution is 2.53. The van der Waals surface area contributed by atoms with Gasteiger partial charge in [0.25, 0.3) is 5.91 Å². The number of aryl methyl sites for hydroxylation is 1. The van der Waals surface area contributed by atoms with Crippen molar-refractivity contribution < 1.29 is 34.8 Å². The molecule has 238 valence electrons. The molecule has 3 aromatic carbocycles. The molecule has 0 spiro atoms. The molecule has 9 heteroatoms. The van der Waals surface area contributed by atoms with Crippen LogP contribution >= 0.6 is 0 Å². The van der Waals surface area contributed by atoms with Gasteiger partial charge in [-0.2, -0.15) is 0 Å². The van der Waals surface area contributed by atoms with Gasteiger partial charge in [0.1, 0.15) is 22.8 Å². The number of aliphatic hydroxyl groups excluding tert-OH is 2. The predicted molar refractivity (Wildman–Crippen MR) is 173 cm³/mol. The first-order chi connectivity index (χ1) is 22.1. The summed E-state index contributed by atoms with van der Waals surface area (Å²) in [7, 11) is 0. The quantitative estimate of drug-likeness (QED) is 0.151. The lowest BCUT2D eigenvalue weighted by Crippen LogP contribution is -2.58. The van der Waals surface area contributed by atoms with E-state index in [1.54, 1.807) is 0 Å². The molecule has 46 heavy (non-hydrogen) atoms. The van der Waals surface area contributed by atoms with Crippen LogP contribution < -0.4 is 11.1 Å². The number of nitrogens with two attached hydrogens (primary N) is 1. The third-order valence-corrected chi connectivity index (χ3v) is 9.69. The van der Waals surface area contributed by atoms with Crippen LogP contribution in [0.15, 0.2) is 77.6 Å². The van der Waals surface area contributed by atoms with E-state index in [9.17, 15) is 34.8 Å². The molecule has 1 saturated carbocycles. The summed E-state index contributed by atoms with van der Waals surface area (Å²) in [6, 6.07) is 19.9. The molecule has 0 radical (unpaired) electrons. The van der Waals surface area contributed by atoms with Crippen molar-refractivity contribution in [2.24, 2.45) is 17.6 Å². The highest BCUT2D eigenvalue weighted by Gasteiger charge is 2.60. The number of hydrogen-bond acceptors (Lipinski definition) is 8. The first-order valence-corrected chi connectivity index (χ1v) is 15.7. The average Bonchev–Trinajstić information content (AvgIpc) is 3.02. The Morgan fingerprint density at radius 1 is 0.957 bits per heavy atom. The fourth-order valence-corrected chi connectivity index (χ4v) is 7.46. The van der Waals surface area contributed by atoms with Gasteiger partial charge < -0.3 is 31.5 Å². The molecule has 0 unspecified atom stereocenters. The number of phenols is 1. The smallest absolute Gasteiger partial charge is 0.255 e. The molecule has 0 saturated heterocycles. The molecule has 0 heterocycles. The minimum absolute atomic E-state index is 0.0885. The number of carbonyl (C=O) groups is 3. The molecule has 0 bridgehead atoms. The molecule has 6 rings (SSSR count). The molecular formula is C37H38N2O7. The van der Waals surface area contributed by atoms with Crippen LogP contribution in [0.3, 0.4) is 0 Å². The maximum atomic E-state index is 13.9. The van der Waals surface area contributed by atoms with Gasteiger partial charge in [0, 0.05) is 24.5 Å². The minimum atomic E-state index is -2.58. The number of carbonyl (C=O) groups excluding carboxylic acids is 3. The average molecular weight is 623 g/mol. The van der Waals surface area contributed by atoms with E-state index in [0.717, 1.165) is 48.1 Å². The van der Waals surface area contributed by atoms with Crippen LogP contribution in [0.5, 0.6) is 5.75 Å². The number of hydrogen-bond donors (Lipinski definition) is 6. The Morgan fingerprint density at radius 2 is 1.72 bits per heavy atom. The summed E-state index contributed by atoms with van der Waals surface area (Å²) >= 11 is 0. The van der Waals surface area contributed by atoms with Crippen LogP contribution in [0, 0.1) is 11.8 Å². The molecule has 3 aromatic rings. The number of rotatable bonds is 9. The van der Waals surface area contributed by atoms with E-state index < -0.39 is 52.0 Å². The molecule has 0 aromatic heterocycles. The Balaban J connectivity index is 1.38. The van der Waals surface area contributed by atoms with E-state index in [1.807, 2.05) is 24.3 Å². The lowest BCUT2D eigenvalue weighted by Gasteiger charge is -2.46. The second-order valence-corrected chi connectivity index (χ2v) is 12.5. The van der Waals surface area contributed by atoms with Gasteiger partial charge in [0.2, 0.25) is 5.78 Å². The maximum Gasteiger partial charge on any atom is 0.255 e. The highest BCUT2D eigenvalue weighted by molar-refractivity contribution is 6.22.